The van der Waals surface area contributed by atoms with Gasteiger partial charge in [-0.15, -0.1) is 0 Å². The fraction of sp³-hybridized carbons (Fsp3) is 0.600. The van der Waals surface area contributed by atoms with E-state index in [-0.39, 0.29) is 37.0 Å². The van der Waals surface area contributed by atoms with Crippen LogP contribution in [-0.2, 0) is 9.59 Å². The van der Waals surface area contributed by atoms with Gasteiger partial charge in [-0.3, -0.25) is 14.5 Å². The minimum Gasteiger partial charge on any atom is -0.490 e. The zero-order valence-corrected chi connectivity index (χ0v) is 16.1. The Kier molecular flexibility index (Phi) is 6.55. The van der Waals surface area contributed by atoms with Crippen LogP contribution >= 0.6 is 0 Å². The van der Waals surface area contributed by atoms with E-state index in [1.807, 2.05) is 26.0 Å². The van der Waals surface area contributed by atoms with Crippen LogP contribution in [-0.4, -0.2) is 55.6 Å². The van der Waals surface area contributed by atoms with Crippen molar-refractivity contribution in [2.75, 3.05) is 32.8 Å². The Bertz CT molecular complexity index is 677. The monoisotopic (exact) mass is 375 g/mol. The van der Waals surface area contributed by atoms with Crippen molar-refractivity contribution < 1.29 is 19.1 Å². The van der Waals surface area contributed by atoms with Crippen LogP contribution in [0.3, 0.4) is 0 Å². The van der Waals surface area contributed by atoms with Gasteiger partial charge in [-0.25, -0.2) is 0 Å². The number of carbonyl (C=O) groups is 2. The van der Waals surface area contributed by atoms with E-state index in [1.165, 1.54) is 0 Å². The van der Waals surface area contributed by atoms with E-state index in [2.05, 4.69) is 21.6 Å². The summed E-state index contributed by atoms with van der Waals surface area (Å²) in [5.41, 5.74) is 1.14. The summed E-state index contributed by atoms with van der Waals surface area (Å²) in [4.78, 5) is 26.1. The average Bonchev–Trinajstić information content (AvgIpc) is 2.95. The van der Waals surface area contributed by atoms with E-state index in [0.29, 0.717) is 13.2 Å². The van der Waals surface area contributed by atoms with Crippen LogP contribution in [0.4, 0.5) is 0 Å². The topological polar surface area (TPSA) is 79.9 Å². The molecular weight excluding hydrogens is 346 g/mol. The SMILES string of the molecule is CC(C)NC(=O)CNC(=O)CN1CCC[C@H]1c1ccc2c(c1)OCCCO2. The highest BCUT2D eigenvalue weighted by atomic mass is 16.5. The maximum absolute atomic E-state index is 12.3. The van der Waals surface area contributed by atoms with E-state index < -0.39 is 0 Å². The number of hydrogen-bond acceptors (Lipinski definition) is 5. The summed E-state index contributed by atoms with van der Waals surface area (Å²) in [6, 6.07) is 6.31. The molecule has 0 spiro atoms. The van der Waals surface area contributed by atoms with Crippen molar-refractivity contribution in [1.29, 1.82) is 0 Å². The van der Waals surface area contributed by atoms with Crippen LogP contribution in [0.25, 0.3) is 0 Å². The van der Waals surface area contributed by atoms with Gasteiger partial charge in [-0.2, -0.15) is 0 Å². The average molecular weight is 375 g/mol. The normalized spacial score (nSPS) is 19.6. The summed E-state index contributed by atoms with van der Waals surface area (Å²) < 4.78 is 11.5. The lowest BCUT2D eigenvalue weighted by molar-refractivity contribution is -0.127. The first-order chi connectivity index (χ1) is 13.0. The number of ether oxygens (including phenoxy) is 2. The van der Waals surface area contributed by atoms with E-state index >= 15 is 0 Å². The predicted molar refractivity (Wildman–Crippen MR) is 102 cm³/mol. The molecule has 2 aliphatic heterocycles. The Morgan fingerprint density at radius 3 is 2.70 bits per heavy atom. The number of hydrogen-bond donors (Lipinski definition) is 2. The van der Waals surface area contributed by atoms with Gasteiger partial charge in [0.1, 0.15) is 0 Å². The number of likely N-dealkylation sites (tertiary alicyclic amines) is 1. The van der Waals surface area contributed by atoms with Gasteiger partial charge in [0.25, 0.3) is 0 Å². The number of rotatable bonds is 6. The van der Waals surface area contributed by atoms with Crippen molar-refractivity contribution in [2.24, 2.45) is 0 Å². The fourth-order valence-corrected chi connectivity index (χ4v) is 3.57. The Hall–Kier alpha value is -2.28. The van der Waals surface area contributed by atoms with Crippen LogP contribution in [0.15, 0.2) is 18.2 Å². The molecule has 7 heteroatoms. The molecule has 1 saturated heterocycles. The summed E-state index contributed by atoms with van der Waals surface area (Å²) in [6.07, 6.45) is 2.92. The maximum atomic E-state index is 12.3. The number of carbonyl (C=O) groups excluding carboxylic acids is 2. The molecule has 1 fully saturated rings. The molecule has 2 heterocycles. The number of nitrogens with one attached hydrogen (secondary N) is 2. The molecule has 2 aliphatic rings. The highest BCUT2D eigenvalue weighted by Crippen LogP contribution is 2.37. The van der Waals surface area contributed by atoms with Crippen LogP contribution in [0.2, 0.25) is 0 Å². The molecule has 2 amide bonds. The summed E-state index contributed by atoms with van der Waals surface area (Å²) in [6.45, 7) is 6.28. The minimum absolute atomic E-state index is 0.0134. The van der Waals surface area contributed by atoms with Crippen molar-refractivity contribution in [1.82, 2.24) is 15.5 Å². The van der Waals surface area contributed by atoms with Gasteiger partial charge in [0, 0.05) is 18.5 Å². The third-order valence-electron chi connectivity index (χ3n) is 4.76. The van der Waals surface area contributed by atoms with Gasteiger partial charge >= 0.3 is 0 Å². The van der Waals surface area contributed by atoms with Gasteiger partial charge in [0.05, 0.1) is 26.3 Å². The molecule has 0 bridgehead atoms. The third-order valence-corrected chi connectivity index (χ3v) is 4.76. The molecule has 0 aromatic heterocycles. The second kappa shape index (κ2) is 9.08. The number of amides is 2. The minimum atomic E-state index is -0.167. The second-order valence-electron chi connectivity index (χ2n) is 7.38. The molecule has 1 aromatic carbocycles. The zero-order valence-electron chi connectivity index (χ0n) is 16.1. The first-order valence-corrected chi connectivity index (χ1v) is 9.72. The quantitative estimate of drug-likeness (QED) is 0.790. The molecule has 3 rings (SSSR count). The summed E-state index contributed by atoms with van der Waals surface area (Å²) in [5, 5.41) is 5.48. The summed E-state index contributed by atoms with van der Waals surface area (Å²) in [7, 11) is 0. The third kappa shape index (κ3) is 5.35. The molecule has 27 heavy (non-hydrogen) atoms. The lowest BCUT2D eigenvalue weighted by Crippen LogP contribution is -2.43. The van der Waals surface area contributed by atoms with E-state index in [4.69, 9.17) is 9.47 Å². The summed E-state index contributed by atoms with van der Waals surface area (Å²) >= 11 is 0. The Morgan fingerprint density at radius 2 is 1.93 bits per heavy atom. The number of benzene rings is 1. The fourth-order valence-electron chi connectivity index (χ4n) is 3.57. The lowest BCUT2D eigenvalue weighted by atomic mass is 10.0. The largest absolute Gasteiger partial charge is 0.490 e. The predicted octanol–water partition coefficient (Wildman–Crippen LogP) is 1.63. The highest BCUT2D eigenvalue weighted by molar-refractivity contribution is 5.85. The van der Waals surface area contributed by atoms with Gasteiger partial charge in [-0.1, -0.05) is 6.07 Å². The van der Waals surface area contributed by atoms with Crippen LogP contribution < -0.4 is 20.1 Å². The van der Waals surface area contributed by atoms with Crippen LogP contribution in [0.5, 0.6) is 11.5 Å². The van der Waals surface area contributed by atoms with E-state index in [9.17, 15) is 9.59 Å². The molecule has 0 aliphatic carbocycles. The smallest absolute Gasteiger partial charge is 0.239 e. The van der Waals surface area contributed by atoms with Crippen molar-refractivity contribution in [2.45, 2.75) is 45.2 Å². The first kappa shape index (κ1) is 19.5. The van der Waals surface area contributed by atoms with Crippen molar-refractivity contribution in [3.05, 3.63) is 23.8 Å². The number of nitrogens with zero attached hydrogens (tertiary/aromatic N) is 1. The Labute approximate surface area is 160 Å². The van der Waals surface area contributed by atoms with Gasteiger partial charge in [0.15, 0.2) is 11.5 Å². The molecule has 2 N–H and O–H groups in total. The first-order valence-electron chi connectivity index (χ1n) is 9.72. The maximum Gasteiger partial charge on any atom is 0.239 e. The van der Waals surface area contributed by atoms with Gasteiger partial charge in [0.2, 0.25) is 11.8 Å². The molecule has 7 nitrogen and oxygen atoms in total. The van der Waals surface area contributed by atoms with E-state index in [1.54, 1.807) is 0 Å². The summed E-state index contributed by atoms with van der Waals surface area (Å²) in [5.74, 6) is 1.27. The molecule has 1 atom stereocenters. The molecule has 148 valence electrons. The molecule has 1 aromatic rings. The van der Waals surface area contributed by atoms with Gasteiger partial charge < -0.3 is 20.1 Å². The van der Waals surface area contributed by atoms with Crippen LogP contribution in [0, 0.1) is 0 Å². The van der Waals surface area contributed by atoms with Crippen molar-refractivity contribution >= 4 is 11.8 Å². The molecule has 0 radical (unpaired) electrons. The van der Waals surface area contributed by atoms with Crippen molar-refractivity contribution in [3.63, 3.8) is 0 Å². The standard InChI is InChI=1S/C20H29N3O4/c1-14(2)22-19(24)12-21-20(25)13-23-8-3-5-16(23)15-6-7-17-18(11-15)27-10-4-9-26-17/h6-7,11,14,16H,3-5,8-10,12-13H2,1-2H3,(H,21,25)(H,22,24)/t16-/m0/s1. The van der Waals surface area contributed by atoms with Gasteiger partial charge in [-0.05, 0) is 50.9 Å². The molecule has 0 unspecified atom stereocenters. The Morgan fingerprint density at radius 1 is 1.15 bits per heavy atom. The lowest BCUT2D eigenvalue weighted by Gasteiger charge is -2.25. The molecule has 0 saturated carbocycles. The Balaban J connectivity index is 1.58. The second-order valence-corrected chi connectivity index (χ2v) is 7.38. The van der Waals surface area contributed by atoms with Crippen molar-refractivity contribution in [3.8, 4) is 11.5 Å². The van der Waals surface area contributed by atoms with E-state index in [0.717, 1.165) is 42.9 Å². The van der Waals surface area contributed by atoms with Crippen LogP contribution in [0.1, 0.15) is 44.7 Å². The molecular formula is C20H29N3O4. The highest BCUT2D eigenvalue weighted by Gasteiger charge is 2.28. The zero-order chi connectivity index (χ0) is 19.2. The number of fused-ring (bicyclic) bond motifs is 1.